The lowest BCUT2D eigenvalue weighted by Gasteiger charge is -2.42. The molecular formula is C57H102N4O20. The molecule has 4 amide bonds. The number of rotatable bonds is 41. The van der Waals surface area contributed by atoms with Crippen LogP contribution in [0.25, 0.3) is 0 Å². The topological polar surface area (TPSA) is 379 Å². The van der Waals surface area contributed by atoms with Gasteiger partial charge in [0.1, 0.15) is 36.3 Å². The zero-order chi connectivity index (χ0) is 60.0. The van der Waals surface area contributed by atoms with E-state index >= 15 is 0 Å². The monoisotopic (exact) mass is 1160 g/mol. The molecule has 0 aromatic rings. The summed E-state index contributed by atoms with van der Waals surface area (Å²) in [7, 11) is 0. The second-order valence-corrected chi connectivity index (χ2v) is 22.8. The largest absolute Gasteiger partial charge is 0.396 e. The van der Waals surface area contributed by atoms with Gasteiger partial charge >= 0.3 is 0 Å². The van der Waals surface area contributed by atoms with E-state index < -0.39 is 116 Å². The summed E-state index contributed by atoms with van der Waals surface area (Å²) in [4.78, 5) is 78.0. The SMILES string of the molecule is CC(=O)NC1[C@@H](O)[C@@H](O)C(CO)C[C@H]1OCCCCCC(=O)NCCCCC(CC(=O)C(CCCCNC(=O)CCCCCO[C@@H]1OC(CO)[C@H](O)[C@H](O)C1C)NC(=O)CCCCCO[C@@H]1OC(CO)[C@H](O)[C@H](O)C1C)C(=O)C(C)C. The van der Waals surface area contributed by atoms with Gasteiger partial charge in [-0.25, -0.2) is 0 Å². The van der Waals surface area contributed by atoms with Crippen LogP contribution in [0.3, 0.4) is 0 Å². The Balaban J connectivity index is 1.44. The first-order valence-electron chi connectivity index (χ1n) is 29.9. The number of nitrogens with one attached hydrogen (secondary N) is 4. The Morgan fingerprint density at radius 3 is 1.47 bits per heavy atom. The van der Waals surface area contributed by atoms with Crippen LogP contribution in [0.4, 0.5) is 0 Å². The van der Waals surface area contributed by atoms with Gasteiger partial charge in [0.25, 0.3) is 0 Å². The first-order valence-corrected chi connectivity index (χ1v) is 29.9. The Kier molecular flexibility index (Phi) is 34.9. The van der Waals surface area contributed by atoms with Gasteiger partial charge in [0.05, 0.1) is 49.7 Å². The number of carbonyl (C=O) groups is 6. The second-order valence-electron chi connectivity index (χ2n) is 22.8. The van der Waals surface area contributed by atoms with Crippen molar-refractivity contribution in [1.29, 1.82) is 0 Å². The van der Waals surface area contributed by atoms with Gasteiger partial charge in [-0.3, -0.25) is 28.8 Å². The van der Waals surface area contributed by atoms with E-state index in [1.54, 1.807) is 27.7 Å². The number of unbranched alkanes of at least 4 members (excludes halogenated alkanes) is 8. The highest BCUT2D eigenvalue weighted by Crippen LogP contribution is 2.30. The predicted molar refractivity (Wildman–Crippen MR) is 294 cm³/mol. The van der Waals surface area contributed by atoms with Crippen molar-refractivity contribution in [3.05, 3.63) is 0 Å². The number of Topliss-reactive ketones (excluding diaryl/α,β-unsaturated/α-hetero) is 2. The third-order valence-electron chi connectivity index (χ3n) is 15.8. The minimum atomic E-state index is -1.29. The predicted octanol–water partition coefficient (Wildman–Crippen LogP) is 0.333. The molecule has 3 aliphatic rings. The smallest absolute Gasteiger partial charge is 0.220 e. The van der Waals surface area contributed by atoms with Crippen molar-refractivity contribution in [1.82, 2.24) is 21.3 Å². The van der Waals surface area contributed by atoms with Crippen LogP contribution < -0.4 is 21.3 Å². The van der Waals surface area contributed by atoms with Gasteiger partial charge in [-0.15, -0.1) is 0 Å². The van der Waals surface area contributed by atoms with Crippen molar-refractivity contribution < 1.29 is 98.4 Å². The highest BCUT2D eigenvalue weighted by atomic mass is 16.7. The number of amides is 4. The Hall–Kier alpha value is -3.34. The van der Waals surface area contributed by atoms with Gasteiger partial charge in [-0.05, 0) is 77.0 Å². The molecule has 81 heavy (non-hydrogen) atoms. The molecule has 17 atom stereocenters. The average molecular weight is 1160 g/mol. The fourth-order valence-corrected chi connectivity index (χ4v) is 10.6. The van der Waals surface area contributed by atoms with Crippen LogP contribution in [0.2, 0.25) is 0 Å². The van der Waals surface area contributed by atoms with E-state index in [4.69, 9.17) is 23.7 Å². The highest BCUT2D eigenvalue weighted by Gasteiger charge is 2.45. The number of ketones is 2. The number of hydrogen-bond donors (Lipinski definition) is 13. The van der Waals surface area contributed by atoms with Gasteiger partial charge in [-0.2, -0.15) is 0 Å². The summed E-state index contributed by atoms with van der Waals surface area (Å²) in [5.41, 5.74) is 0. The molecule has 0 bridgehead atoms. The van der Waals surface area contributed by atoms with E-state index in [0.29, 0.717) is 123 Å². The van der Waals surface area contributed by atoms with Gasteiger partial charge < -0.3 is 90.9 Å². The summed E-state index contributed by atoms with van der Waals surface area (Å²) in [5, 5.41) is 102. The fraction of sp³-hybridized carbons (Fsp3) is 0.895. The van der Waals surface area contributed by atoms with E-state index in [-0.39, 0.29) is 86.4 Å². The molecule has 470 valence electrons. The lowest BCUT2D eigenvalue weighted by Crippen LogP contribution is -2.61. The quantitative estimate of drug-likeness (QED) is 0.0367. The van der Waals surface area contributed by atoms with Crippen molar-refractivity contribution in [3.8, 4) is 0 Å². The minimum Gasteiger partial charge on any atom is -0.396 e. The Morgan fingerprint density at radius 2 is 1.01 bits per heavy atom. The summed E-state index contributed by atoms with van der Waals surface area (Å²) in [6.07, 6.45) is -2.00. The van der Waals surface area contributed by atoms with Crippen LogP contribution >= 0.6 is 0 Å². The van der Waals surface area contributed by atoms with E-state index in [0.717, 1.165) is 0 Å². The molecule has 2 heterocycles. The molecule has 2 saturated heterocycles. The molecule has 1 aliphatic carbocycles. The molecule has 0 aromatic carbocycles. The second kappa shape index (κ2) is 39.3. The zero-order valence-electron chi connectivity index (χ0n) is 48.7. The summed E-state index contributed by atoms with van der Waals surface area (Å²) in [5.74, 6) is -3.83. The Bertz CT molecular complexity index is 1830. The van der Waals surface area contributed by atoms with Crippen LogP contribution in [-0.2, 0) is 52.5 Å². The number of aliphatic hydroxyl groups is 9. The van der Waals surface area contributed by atoms with Crippen molar-refractivity contribution >= 4 is 35.2 Å². The molecule has 0 spiro atoms. The summed E-state index contributed by atoms with van der Waals surface area (Å²) < 4.78 is 28.7. The van der Waals surface area contributed by atoms with Crippen molar-refractivity contribution in [2.24, 2.45) is 29.6 Å². The van der Waals surface area contributed by atoms with Crippen LogP contribution in [-0.4, -0.2) is 213 Å². The molecule has 24 heteroatoms. The average Bonchev–Trinajstić information content (AvgIpc) is 3.50. The highest BCUT2D eigenvalue weighted by molar-refractivity contribution is 5.93. The summed E-state index contributed by atoms with van der Waals surface area (Å²) >= 11 is 0. The molecule has 0 radical (unpaired) electrons. The molecule has 24 nitrogen and oxygen atoms in total. The number of aliphatic hydroxyl groups excluding tert-OH is 9. The Labute approximate surface area is 478 Å². The van der Waals surface area contributed by atoms with Gasteiger partial charge in [-0.1, -0.05) is 53.4 Å². The zero-order valence-corrected chi connectivity index (χ0v) is 48.7. The molecule has 0 aromatic heterocycles. The number of ether oxygens (including phenoxy) is 5. The number of carbonyl (C=O) groups excluding carboxylic acids is 6. The van der Waals surface area contributed by atoms with Gasteiger partial charge in [0, 0.05) is 102 Å². The molecule has 1 saturated carbocycles. The first-order chi connectivity index (χ1) is 38.6. The fourth-order valence-electron chi connectivity index (χ4n) is 10.6. The van der Waals surface area contributed by atoms with Crippen LogP contribution in [0.15, 0.2) is 0 Å². The van der Waals surface area contributed by atoms with Gasteiger partial charge in [0.15, 0.2) is 18.4 Å². The maximum absolute atomic E-state index is 14.1. The molecule has 3 rings (SSSR count). The van der Waals surface area contributed by atoms with E-state index in [2.05, 4.69) is 21.3 Å². The van der Waals surface area contributed by atoms with Crippen LogP contribution in [0.5, 0.6) is 0 Å². The van der Waals surface area contributed by atoms with Crippen molar-refractivity contribution in [2.45, 2.75) is 243 Å². The molecular weight excluding hydrogens is 1060 g/mol. The lowest BCUT2D eigenvalue weighted by molar-refractivity contribution is -0.282. The lowest BCUT2D eigenvalue weighted by atomic mass is 9.79. The van der Waals surface area contributed by atoms with E-state index in [9.17, 15) is 74.7 Å². The van der Waals surface area contributed by atoms with Crippen molar-refractivity contribution in [3.63, 3.8) is 0 Å². The summed E-state index contributed by atoms with van der Waals surface area (Å²) in [6, 6.07) is -1.68. The third-order valence-corrected chi connectivity index (χ3v) is 15.8. The van der Waals surface area contributed by atoms with Crippen LogP contribution in [0, 0.1) is 29.6 Å². The molecule has 3 fully saturated rings. The first kappa shape index (κ1) is 71.9. The van der Waals surface area contributed by atoms with Gasteiger partial charge in [0.2, 0.25) is 23.6 Å². The van der Waals surface area contributed by atoms with E-state index in [1.807, 2.05) is 0 Å². The third kappa shape index (κ3) is 25.4. The van der Waals surface area contributed by atoms with Crippen LogP contribution in [0.1, 0.15) is 163 Å². The van der Waals surface area contributed by atoms with Crippen molar-refractivity contribution in [2.75, 3.05) is 52.7 Å². The summed E-state index contributed by atoms with van der Waals surface area (Å²) in [6.45, 7) is 8.58. The number of hydrogen-bond acceptors (Lipinski definition) is 20. The molecule has 2 aliphatic heterocycles. The Morgan fingerprint density at radius 1 is 0.543 bits per heavy atom. The standard InChI is InChI=1S/C57H102N4O20/c1-34(2)49(70)38(19-12-14-24-58-45(67)21-9-6-16-26-77-42-30-39(31-62)52(73)55(76)48(42)60-37(5)65)29-41(66)40(61-47(69)23-11-8-18-28-79-57-36(4)51(72)54(75)44(33-64)81-57)20-13-15-25-59-46(68)22-10-7-17-27-78-56-35(3)50(71)53(74)43(32-63)80-56/h34-36,38-40,42-44,48,50-57,62-64,71-76H,6-33H2,1-5H3,(H,58,67)(H,59,68)(H,60,65)(H,61,69)/t35?,36?,38?,39?,40?,42-,43?,44?,48?,50-,51-,52+,53+,54+,55-,56-,57-/m1/s1. The maximum Gasteiger partial charge on any atom is 0.220 e. The normalized spacial score (nSPS) is 29.4. The maximum atomic E-state index is 14.1. The molecule has 13 N–H and O–H groups in total. The molecule has 8 unspecified atom stereocenters. The van der Waals surface area contributed by atoms with E-state index in [1.165, 1.54) is 6.92 Å². The minimum absolute atomic E-state index is 0.0646.